The largest absolute Gasteiger partial charge is 0.461 e. The van der Waals surface area contributed by atoms with Crippen LogP contribution in [-0.4, -0.2) is 31.4 Å². The third-order valence-electron chi connectivity index (χ3n) is 3.08. The summed E-state index contributed by atoms with van der Waals surface area (Å²) in [7, 11) is 3.51. The Morgan fingerprint density at radius 2 is 1.85 bits per heavy atom. The first-order valence-corrected chi connectivity index (χ1v) is 6.63. The molecule has 2 aromatic rings. The quantitative estimate of drug-likeness (QED) is 0.909. The Hall–Kier alpha value is -2.07. The average molecular weight is 272 g/mol. The first-order chi connectivity index (χ1) is 9.56. The van der Waals surface area contributed by atoms with E-state index in [9.17, 15) is 4.79 Å². The third-order valence-corrected chi connectivity index (χ3v) is 3.08. The highest BCUT2D eigenvalue weighted by Crippen LogP contribution is 2.22. The van der Waals surface area contributed by atoms with Crippen molar-refractivity contribution in [1.82, 2.24) is 10.2 Å². The Labute approximate surface area is 119 Å². The van der Waals surface area contributed by atoms with Crippen molar-refractivity contribution in [2.24, 2.45) is 0 Å². The van der Waals surface area contributed by atoms with Gasteiger partial charge < -0.3 is 14.6 Å². The molecule has 4 heteroatoms. The monoisotopic (exact) mass is 272 g/mol. The normalized spacial score (nSPS) is 10.6. The molecule has 20 heavy (non-hydrogen) atoms. The number of carbonyl (C=O) groups excluding carboxylic acids is 1. The van der Waals surface area contributed by atoms with Gasteiger partial charge in [0.25, 0.3) is 0 Å². The average Bonchev–Trinajstić information content (AvgIpc) is 2.86. The molecule has 4 nitrogen and oxygen atoms in total. The van der Waals surface area contributed by atoms with Crippen molar-refractivity contribution >= 4 is 5.91 Å². The lowest BCUT2D eigenvalue weighted by atomic mass is 10.1. The van der Waals surface area contributed by atoms with Crippen molar-refractivity contribution in [2.75, 3.05) is 20.6 Å². The second-order valence-electron chi connectivity index (χ2n) is 5.00. The van der Waals surface area contributed by atoms with E-state index in [1.54, 1.807) is 19.0 Å². The highest BCUT2D eigenvalue weighted by atomic mass is 16.3. The molecule has 0 saturated heterocycles. The number of furan rings is 1. The predicted molar refractivity (Wildman–Crippen MR) is 79.3 cm³/mol. The van der Waals surface area contributed by atoms with Gasteiger partial charge in [0, 0.05) is 26.2 Å². The number of amides is 1. The zero-order valence-electron chi connectivity index (χ0n) is 12.1. The maximum absolute atomic E-state index is 11.4. The van der Waals surface area contributed by atoms with Crippen LogP contribution in [0.3, 0.4) is 0 Å². The second-order valence-corrected chi connectivity index (χ2v) is 5.00. The molecular weight excluding hydrogens is 252 g/mol. The Kier molecular flexibility index (Phi) is 4.58. The summed E-state index contributed by atoms with van der Waals surface area (Å²) >= 11 is 0. The summed E-state index contributed by atoms with van der Waals surface area (Å²) in [6.45, 7) is 2.97. The summed E-state index contributed by atoms with van der Waals surface area (Å²) in [4.78, 5) is 13.0. The highest BCUT2D eigenvalue weighted by molar-refractivity contribution is 5.77. The minimum absolute atomic E-state index is 0.0766. The van der Waals surface area contributed by atoms with Crippen LogP contribution in [0.25, 0.3) is 11.3 Å². The van der Waals surface area contributed by atoms with E-state index < -0.39 is 0 Å². The molecule has 0 aliphatic rings. The van der Waals surface area contributed by atoms with E-state index in [0.717, 1.165) is 22.6 Å². The lowest BCUT2D eigenvalue weighted by Crippen LogP contribution is -2.32. The van der Waals surface area contributed by atoms with E-state index in [-0.39, 0.29) is 5.91 Å². The molecule has 0 unspecified atom stereocenters. The molecule has 1 amide bonds. The van der Waals surface area contributed by atoms with Crippen molar-refractivity contribution in [3.8, 4) is 11.3 Å². The first-order valence-electron chi connectivity index (χ1n) is 6.63. The van der Waals surface area contributed by atoms with Crippen LogP contribution >= 0.6 is 0 Å². The van der Waals surface area contributed by atoms with Crippen molar-refractivity contribution < 1.29 is 9.21 Å². The second kappa shape index (κ2) is 6.39. The Morgan fingerprint density at radius 1 is 1.15 bits per heavy atom. The summed E-state index contributed by atoms with van der Waals surface area (Å²) in [5.41, 5.74) is 2.20. The molecule has 2 rings (SSSR count). The van der Waals surface area contributed by atoms with Crippen LogP contribution in [-0.2, 0) is 11.3 Å². The van der Waals surface area contributed by atoms with Crippen LogP contribution in [0, 0.1) is 6.92 Å². The van der Waals surface area contributed by atoms with E-state index in [1.165, 1.54) is 0 Å². The molecule has 1 heterocycles. The van der Waals surface area contributed by atoms with Gasteiger partial charge in [0.1, 0.15) is 11.5 Å². The zero-order chi connectivity index (χ0) is 14.5. The Bertz CT molecular complexity index is 570. The standard InChI is InChI=1S/C16H20N2O2/c1-12-4-9-15(20-12)14-7-5-13(6-8-14)10-17-11-16(19)18(2)3/h4-9,17H,10-11H2,1-3H3. The number of benzene rings is 1. The van der Waals surface area contributed by atoms with Crippen LogP contribution in [0.5, 0.6) is 0 Å². The molecule has 0 aliphatic heterocycles. The lowest BCUT2D eigenvalue weighted by Gasteiger charge is -2.11. The fourth-order valence-electron chi connectivity index (χ4n) is 1.85. The van der Waals surface area contributed by atoms with Gasteiger partial charge in [-0.3, -0.25) is 4.79 Å². The van der Waals surface area contributed by atoms with Gasteiger partial charge >= 0.3 is 0 Å². The number of hydrogen-bond acceptors (Lipinski definition) is 3. The maximum Gasteiger partial charge on any atom is 0.236 e. The summed E-state index contributed by atoms with van der Waals surface area (Å²) in [5, 5.41) is 3.13. The van der Waals surface area contributed by atoms with Crippen molar-refractivity contribution in [3.63, 3.8) is 0 Å². The topological polar surface area (TPSA) is 45.5 Å². The van der Waals surface area contributed by atoms with Crippen molar-refractivity contribution in [1.29, 1.82) is 0 Å². The molecule has 1 aromatic carbocycles. The van der Waals surface area contributed by atoms with Gasteiger partial charge in [-0.1, -0.05) is 24.3 Å². The smallest absolute Gasteiger partial charge is 0.236 e. The summed E-state index contributed by atoms with van der Waals surface area (Å²) < 4.78 is 5.58. The molecule has 1 N–H and O–H groups in total. The fraction of sp³-hybridized carbons (Fsp3) is 0.312. The summed E-state index contributed by atoms with van der Waals surface area (Å²) in [6, 6.07) is 12.1. The maximum atomic E-state index is 11.4. The molecule has 0 fully saturated rings. The number of carbonyl (C=O) groups is 1. The first kappa shape index (κ1) is 14.3. The molecule has 106 valence electrons. The van der Waals surface area contributed by atoms with Gasteiger partial charge in [-0.15, -0.1) is 0 Å². The predicted octanol–water partition coefficient (Wildman–Crippen LogP) is 2.43. The fourth-order valence-corrected chi connectivity index (χ4v) is 1.85. The van der Waals surface area contributed by atoms with Crippen molar-refractivity contribution in [2.45, 2.75) is 13.5 Å². The van der Waals surface area contributed by atoms with Crippen molar-refractivity contribution in [3.05, 3.63) is 47.7 Å². The highest BCUT2D eigenvalue weighted by Gasteiger charge is 2.04. The Balaban J connectivity index is 1.90. The van der Waals surface area contributed by atoms with Crippen LogP contribution in [0.15, 0.2) is 40.8 Å². The van der Waals surface area contributed by atoms with Gasteiger partial charge in [-0.05, 0) is 24.6 Å². The third kappa shape index (κ3) is 3.71. The van der Waals surface area contributed by atoms with Gasteiger partial charge in [0.05, 0.1) is 6.54 Å². The Morgan fingerprint density at radius 3 is 2.40 bits per heavy atom. The van der Waals surface area contributed by atoms with Crippen LogP contribution in [0.1, 0.15) is 11.3 Å². The molecule has 0 bridgehead atoms. The molecule has 0 radical (unpaired) electrons. The van der Waals surface area contributed by atoms with Gasteiger partial charge in [0.2, 0.25) is 5.91 Å². The molecule has 0 spiro atoms. The molecule has 0 saturated carbocycles. The van der Waals surface area contributed by atoms with E-state index >= 15 is 0 Å². The number of rotatable bonds is 5. The summed E-state index contributed by atoms with van der Waals surface area (Å²) in [5.74, 6) is 1.87. The number of likely N-dealkylation sites (N-methyl/N-ethyl adjacent to an activating group) is 1. The molecule has 1 aromatic heterocycles. The van der Waals surface area contributed by atoms with E-state index in [0.29, 0.717) is 13.1 Å². The molecule has 0 aliphatic carbocycles. The lowest BCUT2D eigenvalue weighted by molar-refractivity contribution is -0.127. The number of nitrogens with zero attached hydrogens (tertiary/aromatic N) is 1. The zero-order valence-corrected chi connectivity index (χ0v) is 12.1. The SMILES string of the molecule is Cc1ccc(-c2ccc(CNCC(=O)N(C)C)cc2)o1. The van der Waals surface area contributed by atoms with E-state index in [4.69, 9.17) is 4.42 Å². The van der Waals surface area contributed by atoms with Crippen LogP contribution < -0.4 is 5.32 Å². The number of hydrogen-bond donors (Lipinski definition) is 1. The summed E-state index contributed by atoms with van der Waals surface area (Å²) in [6.07, 6.45) is 0. The van der Waals surface area contributed by atoms with E-state index in [1.807, 2.05) is 43.3 Å². The molecular formula is C16H20N2O2. The van der Waals surface area contributed by atoms with E-state index in [2.05, 4.69) is 5.32 Å². The minimum atomic E-state index is 0.0766. The molecule has 0 atom stereocenters. The minimum Gasteiger partial charge on any atom is -0.461 e. The number of nitrogens with one attached hydrogen (secondary N) is 1. The van der Waals surface area contributed by atoms with Gasteiger partial charge in [0.15, 0.2) is 0 Å². The van der Waals surface area contributed by atoms with Gasteiger partial charge in [-0.25, -0.2) is 0 Å². The number of aryl methyl sites for hydroxylation is 1. The van der Waals surface area contributed by atoms with Crippen LogP contribution in [0.4, 0.5) is 0 Å². The van der Waals surface area contributed by atoms with Crippen LogP contribution in [0.2, 0.25) is 0 Å². The van der Waals surface area contributed by atoms with Gasteiger partial charge in [-0.2, -0.15) is 0 Å².